The molecule has 0 unspecified atom stereocenters. The number of alkyl halides is 3. The van der Waals surface area contributed by atoms with Crippen molar-refractivity contribution < 1.29 is 13.2 Å². The lowest BCUT2D eigenvalue weighted by atomic mass is 10.0. The van der Waals surface area contributed by atoms with Crippen LogP contribution in [0.3, 0.4) is 0 Å². The third-order valence-corrected chi connectivity index (χ3v) is 3.81. The van der Waals surface area contributed by atoms with Crippen molar-refractivity contribution >= 4 is 11.0 Å². The molecule has 0 amide bonds. The van der Waals surface area contributed by atoms with Crippen molar-refractivity contribution in [3.8, 4) is 11.8 Å². The highest BCUT2D eigenvalue weighted by Crippen LogP contribution is 2.33. The maximum absolute atomic E-state index is 13.3. The van der Waals surface area contributed by atoms with Gasteiger partial charge in [0.25, 0.3) is 0 Å². The van der Waals surface area contributed by atoms with Crippen LogP contribution in [0.1, 0.15) is 30.2 Å². The Morgan fingerprint density at radius 2 is 2.08 bits per heavy atom. The van der Waals surface area contributed by atoms with Crippen LogP contribution >= 0.6 is 0 Å². The van der Waals surface area contributed by atoms with Crippen LogP contribution in [0.4, 0.5) is 13.2 Å². The summed E-state index contributed by atoms with van der Waals surface area (Å²) in [5.74, 6) is 0. The van der Waals surface area contributed by atoms with E-state index in [-0.39, 0.29) is 5.65 Å². The van der Waals surface area contributed by atoms with Gasteiger partial charge < -0.3 is 4.98 Å². The second-order valence-corrected chi connectivity index (χ2v) is 5.53. The first-order chi connectivity index (χ1) is 11.9. The third-order valence-electron chi connectivity index (χ3n) is 3.81. The van der Waals surface area contributed by atoms with E-state index in [1.54, 1.807) is 12.1 Å². The average molecular weight is 346 g/mol. The number of aromatic nitrogens is 3. The molecule has 128 valence electrons. The Balaban J connectivity index is 2.36. The fraction of sp³-hybridized carbons (Fsp3) is 0.235. The second kappa shape index (κ2) is 6.09. The molecule has 0 radical (unpaired) electrons. The highest BCUT2D eigenvalue weighted by atomic mass is 19.4. The first-order valence-electron chi connectivity index (χ1n) is 7.57. The van der Waals surface area contributed by atoms with Crippen molar-refractivity contribution in [1.82, 2.24) is 14.8 Å². The smallest absolute Gasteiger partial charge is 0.346 e. The number of aromatic amines is 1. The van der Waals surface area contributed by atoms with E-state index in [4.69, 9.17) is 5.26 Å². The van der Waals surface area contributed by atoms with Crippen molar-refractivity contribution in [2.24, 2.45) is 0 Å². The molecule has 5 nitrogen and oxygen atoms in total. The van der Waals surface area contributed by atoms with Gasteiger partial charge in [0.15, 0.2) is 11.1 Å². The predicted molar refractivity (Wildman–Crippen MR) is 85.4 cm³/mol. The van der Waals surface area contributed by atoms with Gasteiger partial charge in [0.2, 0.25) is 0 Å². The largest absolute Gasteiger partial charge is 0.436 e. The Labute approximate surface area is 140 Å². The molecule has 3 aromatic rings. The van der Waals surface area contributed by atoms with Crippen LogP contribution in [0, 0.1) is 11.3 Å². The molecule has 1 N–H and O–H groups in total. The van der Waals surface area contributed by atoms with Crippen molar-refractivity contribution in [2.45, 2.75) is 25.9 Å². The lowest BCUT2D eigenvalue weighted by Crippen LogP contribution is -2.11. The topological polar surface area (TPSA) is 74.5 Å². The summed E-state index contributed by atoms with van der Waals surface area (Å²) in [6.07, 6.45) is -2.17. The first kappa shape index (κ1) is 16.8. The Morgan fingerprint density at radius 1 is 1.32 bits per heavy atom. The Kier molecular flexibility index (Phi) is 4.08. The van der Waals surface area contributed by atoms with Gasteiger partial charge in [-0.1, -0.05) is 13.3 Å². The Bertz CT molecular complexity index is 1040. The molecule has 3 rings (SSSR count). The van der Waals surface area contributed by atoms with Gasteiger partial charge in [-0.2, -0.15) is 23.5 Å². The molecule has 0 saturated carbocycles. The molecule has 2 aromatic heterocycles. The molecule has 0 aliphatic rings. The van der Waals surface area contributed by atoms with E-state index in [0.29, 0.717) is 23.2 Å². The number of rotatable bonds is 3. The summed E-state index contributed by atoms with van der Waals surface area (Å²) >= 11 is 0. The Hall–Kier alpha value is -3.08. The molecule has 0 aliphatic carbocycles. The van der Waals surface area contributed by atoms with E-state index in [0.717, 1.165) is 17.2 Å². The number of hydrogen-bond donors (Lipinski definition) is 1. The van der Waals surface area contributed by atoms with Crippen molar-refractivity contribution in [3.05, 3.63) is 57.5 Å². The lowest BCUT2D eigenvalue weighted by Gasteiger charge is -2.10. The van der Waals surface area contributed by atoms with Crippen molar-refractivity contribution in [3.63, 3.8) is 0 Å². The summed E-state index contributed by atoms with van der Waals surface area (Å²) in [5, 5.41) is 12.2. The minimum absolute atomic E-state index is 0.0260. The van der Waals surface area contributed by atoms with E-state index in [2.05, 4.69) is 10.1 Å². The van der Waals surface area contributed by atoms with Gasteiger partial charge in [0, 0.05) is 12.3 Å². The van der Waals surface area contributed by atoms with Gasteiger partial charge in [0.05, 0.1) is 22.7 Å². The molecule has 0 bridgehead atoms. The van der Waals surface area contributed by atoms with E-state index >= 15 is 0 Å². The second-order valence-electron chi connectivity index (χ2n) is 5.53. The zero-order chi connectivity index (χ0) is 18.2. The molecule has 2 heterocycles. The number of nitriles is 1. The number of fused-ring (bicyclic) bond motifs is 1. The standard InChI is InChI=1S/C17H13F3N4O/c1-2-3-11-8-10(9-21)4-5-12(11)24-16-14(13(25)6-7-22-16)15(23-24)17(18,19)20/h4-8H,2-3H2,1H3,(H,22,25). The summed E-state index contributed by atoms with van der Waals surface area (Å²) < 4.78 is 41.1. The monoisotopic (exact) mass is 346 g/mol. The van der Waals surface area contributed by atoms with E-state index in [9.17, 15) is 18.0 Å². The number of nitrogens with one attached hydrogen (secondary N) is 1. The SMILES string of the molecule is CCCc1cc(C#N)ccc1-n1nc(C(F)(F)F)c2c(=O)cc[nH]c21. The van der Waals surface area contributed by atoms with E-state index in [1.165, 1.54) is 12.3 Å². The minimum atomic E-state index is -4.75. The summed E-state index contributed by atoms with van der Waals surface area (Å²) in [6.45, 7) is 1.92. The van der Waals surface area contributed by atoms with Crippen LogP contribution in [0.2, 0.25) is 0 Å². The zero-order valence-electron chi connectivity index (χ0n) is 13.2. The van der Waals surface area contributed by atoms with Crippen LogP contribution in [-0.2, 0) is 12.6 Å². The third kappa shape index (κ3) is 2.89. The van der Waals surface area contributed by atoms with Crippen LogP contribution in [-0.4, -0.2) is 14.8 Å². The average Bonchev–Trinajstić information content (AvgIpc) is 2.96. The van der Waals surface area contributed by atoms with Gasteiger partial charge in [-0.25, -0.2) is 4.68 Å². The maximum atomic E-state index is 13.3. The number of halogens is 3. The highest BCUT2D eigenvalue weighted by molar-refractivity contribution is 5.80. The van der Waals surface area contributed by atoms with Crippen LogP contribution in [0.15, 0.2) is 35.3 Å². The molecule has 1 aromatic carbocycles. The molecule has 8 heteroatoms. The maximum Gasteiger partial charge on any atom is 0.436 e. The quantitative estimate of drug-likeness (QED) is 0.788. The highest BCUT2D eigenvalue weighted by Gasteiger charge is 2.38. The van der Waals surface area contributed by atoms with Crippen LogP contribution in [0.25, 0.3) is 16.7 Å². The molecule has 0 spiro atoms. The molecule has 0 atom stereocenters. The summed E-state index contributed by atoms with van der Waals surface area (Å²) in [6, 6.07) is 7.73. The molecular weight excluding hydrogens is 333 g/mol. The van der Waals surface area contributed by atoms with Gasteiger partial charge >= 0.3 is 6.18 Å². The lowest BCUT2D eigenvalue weighted by molar-refractivity contribution is -0.140. The van der Waals surface area contributed by atoms with Gasteiger partial charge in [-0.05, 0) is 30.2 Å². The number of hydrogen-bond acceptors (Lipinski definition) is 3. The Morgan fingerprint density at radius 3 is 2.72 bits per heavy atom. The zero-order valence-corrected chi connectivity index (χ0v) is 13.2. The van der Waals surface area contributed by atoms with Crippen LogP contribution in [0.5, 0.6) is 0 Å². The van der Waals surface area contributed by atoms with Gasteiger partial charge in [-0.3, -0.25) is 4.79 Å². The van der Waals surface area contributed by atoms with Crippen molar-refractivity contribution in [2.75, 3.05) is 0 Å². The fourth-order valence-electron chi connectivity index (χ4n) is 2.77. The minimum Gasteiger partial charge on any atom is -0.346 e. The van der Waals surface area contributed by atoms with E-state index < -0.39 is 22.7 Å². The summed E-state index contributed by atoms with van der Waals surface area (Å²) in [4.78, 5) is 14.7. The summed E-state index contributed by atoms with van der Waals surface area (Å²) in [5.41, 5.74) is -0.503. The number of aryl methyl sites for hydroxylation is 1. The number of benzene rings is 1. The van der Waals surface area contributed by atoms with Crippen LogP contribution < -0.4 is 5.43 Å². The molecule has 0 aliphatic heterocycles. The number of nitrogens with zero attached hydrogens (tertiary/aromatic N) is 3. The molecule has 25 heavy (non-hydrogen) atoms. The predicted octanol–water partition coefficient (Wildman–Crippen LogP) is 3.56. The normalized spacial score (nSPS) is 11.6. The van der Waals surface area contributed by atoms with E-state index in [1.807, 2.05) is 13.0 Å². The first-order valence-corrected chi connectivity index (χ1v) is 7.57. The van der Waals surface area contributed by atoms with Crippen molar-refractivity contribution in [1.29, 1.82) is 5.26 Å². The van der Waals surface area contributed by atoms with Gasteiger partial charge in [-0.15, -0.1) is 0 Å². The van der Waals surface area contributed by atoms with Gasteiger partial charge in [0.1, 0.15) is 5.65 Å². The fourth-order valence-corrected chi connectivity index (χ4v) is 2.77. The number of H-pyrrole nitrogens is 1. The molecule has 0 saturated heterocycles. The molecular formula is C17H13F3N4O. The molecule has 0 fully saturated rings. The summed E-state index contributed by atoms with van der Waals surface area (Å²) in [7, 11) is 0. The number of pyridine rings is 1.